The molecule has 0 atom stereocenters. The van der Waals surface area contributed by atoms with E-state index in [4.69, 9.17) is 11.5 Å². The number of fused-ring (bicyclic) bond motifs is 3. The Kier molecular flexibility index (Phi) is 5.16. The maximum atomic E-state index is 5.56. The van der Waals surface area contributed by atoms with E-state index in [9.17, 15) is 0 Å². The molecule has 0 aromatic heterocycles. The molecule has 0 spiro atoms. The van der Waals surface area contributed by atoms with Crippen LogP contribution in [-0.4, -0.2) is 26.2 Å². The van der Waals surface area contributed by atoms with E-state index in [1.165, 1.54) is 33.6 Å². The lowest BCUT2D eigenvalue weighted by atomic mass is 10.0. The van der Waals surface area contributed by atoms with Crippen LogP contribution in [0.5, 0.6) is 0 Å². The Morgan fingerprint density at radius 2 is 1.22 bits per heavy atom. The summed E-state index contributed by atoms with van der Waals surface area (Å²) in [4.78, 5) is 0. The van der Waals surface area contributed by atoms with E-state index in [0.29, 0.717) is 0 Å². The van der Waals surface area contributed by atoms with E-state index in [1.54, 1.807) is 0 Å². The Balaban J connectivity index is 1.79. The Morgan fingerprint density at radius 1 is 0.739 bits per heavy atom. The molecule has 1 aliphatic carbocycles. The monoisotopic (exact) mass is 310 g/mol. The summed E-state index contributed by atoms with van der Waals surface area (Å²) < 4.78 is 0. The summed E-state index contributed by atoms with van der Waals surface area (Å²) >= 11 is 0. The fourth-order valence-electron chi connectivity index (χ4n) is 3.06. The molecule has 0 saturated heterocycles. The van der Waals surface area contributed by atoms with E-state index in [-0.39, 0.29) is 0 Å². The lowest BCUT2D eigenvalue weighted by Crippen LogP contribution is -2.08. The first kappa shape index (κ1) is 15.8. The van der Waals surface area contributed by atoms with Crippen LogP contribution >= 0.6 is 0 Å². The fraction of sp³-hybridized carbons (Fsp3) is 0.368. The van der Waals surface area contributed by atoms with Gasteiger partial charge in [0, 0.05) is 24.5 Å². The first-order valence-electron chi connectivity index (χ1n) is 8.46. The predicted molar refractivity (Wildman–Crippen MR) is 99.0 cm³/mol. The van der Waals surface area contributed by atoms with Crippen LogP contribution in [0.25, 0.3) is 11.1 Å². The Bertz CT molecular complexity index is 609. The van der Waals surface area contributed by atoms with Gasteiger partial charge in [-0.15, -0.1) is 0 Å². The highest BCUT2D eigenvalue weighted by Gasteiger charge is 2.19. The van der Waals surface area contributed by atoms with Gasteiger partial charge in [0.25, 0.3) is 0 Å². The quantitative estimate of drug-likeness (QED) is 0.483. The summed E-state index contributed by atoms with van der Waals surface area (Å²) in [6, 6.07) is 13.3. The van der Waals surface area contributed by atoms with Crippen molar-refractivity contribution in [3.8, 4) is 11.1 Å². The molecule has 0 aliphatic heterocycles. The summed E-state index contributed by atoms with van der Waals surface area (Å²) in [5, 5.41) is 6.91. The largest absolute Gasteiger partial charge is 0.385 e. The molecule has 23 heavy (non-hydrogen) atoms. The lowest BCUT2D eigenvalue weighted by molar-refractivity contribution is 0.874. The Labute approximate surface area is 138 Å². The number of hydrogen-bond donors (Lipinski definition) is 4. The molecule has 122 valence electrons. The van der Waals surface area contributed by atoms with Crippen LogP contribution in [0.15, 0.2) is 36.4 Å². The van der Waals surface area contributed by atoms with E-state index < -0.39 is 0 Å². The highest BCUT2D eigenvalue weighted by Crippen LogP contribution is 2.39. The van der Waals surface area contributed by atoms with Crippen molar-refractivity contribution in [2.75, 3.05) is 36.8 Å². The minimum absolute atomic E-state index is 0.721. The third kappa shape index (κ3) is 3.66. The first-order chi connectivity index (χ1) is 11.3. The molecule has 4 nitrogen and oxygen atoms in total. The van der Waals surface area contributed by atoms with Gasteiger partial charge in [0.15, 0.2) is 0 Å². The van der Waals surface area contributed by atoms with Crippen LogP contribution in [0.4, 0.5) is 11.4 Å². The summed E-state index contributed by atoms with van der Waals surface area (Å²) in [6.07, 6.45) is 3.00. The summed E-state index contributed by atoms with van der Waals surface area (Å²) in [6.45, 7) is 3.28. The topological polar surface area (TPSA) is 76.1 Å². The van der Waals surface area contributed by atoms with Gasteiger partial charge in [-0.05, 0) is 78.9 Å². The zero-order chi connectivity index (χ0) is 16.1. The molecule has 2 aromatic carbocycles. The van der Waals surface area contributed by atoms with Crippen molar-refractivity contribution in [2.45, 2.75) is 19.3 Å². The van der Waals surface area contributed by atoms with Gasteiger partial charge in [-0.2, -0.15) is 0 Å². The molecule has 0 saturated carbocycles. The maximum absolute atomic E-state index is 5.56. The van der Waals surface area contributed by atoms with Crippen LogP contribution in [0, 0.1) is 0 Å². The third-order valence-electron chi connectivity index (χ3n) is 4.31. The van der Waals surface area contributed by atoms with Crippen molar-refractivity contribution in [2.24, 2.45) is 11.5 Å². The number of benzene rings is 2. The average Bonchev–Trinajstić information content (AvgIpc) is 2.93. The van der Waals surface area contributed by atoms with Gasteiger partial charge in [-0.3, -0.25) is 0 Å². The maximum Gasteiger partial charge on any atom is 0.0346 e. The molecule has 1 aliphatic rings. The molecule has 0 heterocycles. The molecular weight excluding hydrogens is 284 g/mol. The number of rotatable bonds is 8. The molecule has 6 N–H and O–H groups in total. The molecular formula is C19H26N4. The summed E-state index contributed by atoms with van der Waals surface area (Å²) in [5.41, 5.74) is 19.0. The molecule has 0 bridgehead atoms. The van der Waals surface area contributed by atoms with Crippen molar-refractivity contribution >= 4 is 11.4 Å². The molecule has 0 fully saturated rings. The highest BCUT2D eigenvalue weighted by molar-refractivity contribution is 5.81. The van der Waals surface area contributed by atoms with Crippen LogP contribution in [0.3, 0.4) is 0 Å². The van der Waals surface area contributed by atoms with E-state index >= 15 is 0 Å². The second kappa shape index (κ2) is 7.49. The van der Waals surface area contributed by atoms with Gasteiger partial charge in [0.2, 0.25) is 0 Å². The lowest BCUT2D eigenvalue weighted by Gasteiger charge is -2.10. The number of hydrogen-bond acceptors (Lipinski definition) is 4. The molecule has 3 rings (SSSR count). The normalized spacial score (nSPS) is 11.9. The van der Waals surface area contributed by atoms with Gasteiger partial charge in [-0.25, -0.2) is 0 Å². The van der Waals surface area contributed by atoms with Crippen LogP contribution in [0.2, 0.25) is 0 Å². The first-order valence-corrected chi connectivity index (χ1v) is 8.46. The van der Waals surface area contributed by atoms with Crippen molar-refractivity contribution in [1.82, 2.24) is 0 Å². The van der Waals surface area contributed by atoms with Crippen molar-refractivity contribution in [3.63, 3.8) is 0 Å². The highest BCUT2D eigenvalue weighted by atomic mass is 14.9. The van der Waals surface area contributed by atoms with Gasteiger partial charge in [-0.1, -0.05) is 12.1 Å². The minimum atomic E-state index is 0.721. The Morgan fingerprint density at radius 3 is 1.65 bits per heavy atom. The predicted octanol–water partition coefficient (Wildman–Crippen LogP) is 2.78. The second-order valence-electron chi connectivity index (χ2n) is 6.06. The van der Waals surface area contributed by atoms with E-state index in [0.717, 1.165) is 45.4 Å². The standard InChI is InChI=1S/C19H26N4/c20-7-1-9-22-16-5-3-14-11-15-4-6-17(23-10-2-8-21)13-19(15)18(14)12-16/h3-6,12-13,22-23H,1-2,7-11,20-21H2. The van der Waals surface area contributed by atoms with Crippen LogP contribution < -0.4 is 22.1 Å². The molecule has 0 amide bonds. The molecule has 0 radical (unpaired) electrons. The van der Waals surface area contributed by atoms with E-state index in [1.807, 2.05) is 0 Å². The van der Waals surface area contributed by atoms with Crippen molar-refractivity contribution in [1.29, 1.82) is 0 Å². The average molecular weight is 310 g/mol. The Hall–Kier alpha value is -2.04. The summed E-state index contributed by atoms with van der Waals surface area (Å²) in [5.74, 6) is 0. The van der Waals surface area contributed by atoms with Gasteiger partial charge >= 0.3 is 0 Å². The van der Waals surface area contributed by atoms with Gasteiger partial charge in [0.1, 0.15) is 0 Å². The van der Waals surface area contributed by atoms with Gasteiger partial charge < -0.3 is 22.1 Å². The van der Waals surface area contributed by atoms with Crippen molar-refractivity contribution in [3.05, 3.63) is 47.5 Å². The van der Waals surface area contributed by atoms with Crippen LogP contribution in [-0.2, 0) is 6.42 Å². The minimum Gasteiger partial charge on any atom is -0.385 e. The third-order valence-corrected chi connectivity index (χ3v) is 4.31. The second-order valence-corrected chi connectivity index (χ2v) is 6.06. The number of anilines is 2. The zero-order valence-corrected chi connectivity index (χ0v) is 13.6. The molecule has 0 unspecified atom stereocenters. The fourth-order valence-corrected chi connectivity index (χ4v) is 3.06. The SMILES string of the molecule is NCCCNc1ccc2c(c1)-c1cc(NCCCN)ccc1C2. The number of nitrogens with two attached hydrogens (primary N) is 2. The zero-order valence-electron chi connectivity index (χ0n) is 13.6. The molecule has 2 aromatic rings. The van der Waals surface area contributed by atoms with Crippen molar-refractivity contribution < 1.29 is 0 Å². The molecule has 4 heteroatoms. The van der Waals surface area contributed by atoms with Gasteiger partial charge in [0.05, 0.1) is 0 Å². The smallest absolute Gasteiger partial charge is 0.0346 e. The summed E-state index contributed by atoms with van der Waals surface area (Å²) in [7, 11) is 0. The number of nitrogens with one attached hydrogen (secondary N) is 2. The van der Waals surface area contributed by atoms with E-state index in [2.05, 4.69) is 47.0 Å². The van der Waals surface area contributed by atoms with Crippen LogP contribution in [0.1, 0.15) is 24.0 Å².